The second-order valence-electron chi connectivity index (χ2n) is 4.33. The van der Waals surface area contributed by atoms with Crippen LogP contribution in [-0.4, -0.2) is 4.92 Å². The molecule has 0 radical (unpaired) electrons. The van der Waals surface area contributed by atoms with Crippen molar-refractivity contribution in [3.05, 3.63) is 82.6 Å². The molecule has 0 N–H and O–H groups in total. The fraction of sp³-hybridized carbons (Fsp3) is 0. The van der Waals surface area contributed by atoms with Crippen molar-refractivity contribution in [1.29, 1.82) is 5.26 Å². The zero-order chi connectivity index (χ0) is 15.9. The molecule has 0 aliphatic rings. The number of non-ortho nitro benzene ring substituents is 1. The van der Waals surface area contributed by atoms with Gasteiger partial charge >= 0.3 is 0 Å². The molecule has 0 bridgehead atoms. The summed E-state index contributed by atoms with van der Waals surface area (Å²) in [6.45, 7) is 3.47. The van der Waals surface area contributed by atoms with E-state index in [2.05, 4.69) is 12.6 Å². The maximum absolute atomic E-state index is 10.6. The molecule has 0 amide bonds. The Hall–Kier alpha value is -3.39. The predicted molar refractivity (Wildman–Crippen MR) is 83.8 cm³/mol. The monoisotopic (exact) mass is 292 g/mol. The van der Waals surface area contributed by atoms with Crippen molar-refractivity contribution in [2.75, 3.05) is 0 Å². The van der Waals surface area contributed by atoms with E-state index in [1.54, 1.807) is 30.3 Å². The SMILES string of the molecule is C=COc1ccc(/C=C(\C#N)c2ccc([N+](=O)[O-])cc2)cc1. The third-order valence-electron chi connectivity index (χ3n) is 2.92. The molecule has 108 valence electrons. The van der Waals surface area contributed by atoms with Crippen LogP contribution < -0.4 is 4.74 Å². The van der Waals surface area contributed by atoms with Crippen LogP contribution >= 0.6 is 0 Å². The molecule has 0 spiro atoms. The minimum Gasteiger partial charge on any atom is -0.466 e. The van der Waals surface area contributed by atoms with E-state index in [4.69, 9.17) is 4.74 Å². The summed E-state index contributed by atoms with van der Waals surface area (Å²) in [6.07, 6.45) is 3.04. The first-order valence-corrected chi connectivity index (χ1v) is 6.38. The first-order chi connectivity index (χ1) is 10.6. The van der Waals surface area contributed by atoms with Gasteiger partial charge in [-0.15, -0.1) is 0 Å². The van der Waals surface area contributed by atoms with Crippen molar-refractivity contribution in [2.24, 2.45) is 0 Å². The lowest BCUT2D eigenvalue weighted by molar-refractivity contribution is -0.384. The highest BCUT2D eigenvalue weighted by Crippen LogP contribution is 2.22. The van der Waals surface area contributed by atoms with Gasteiger partial charge in [-0.3, -0.25) is 10.1 Å². The van der Waals surface area contributed by atoms with Crippen molar-refractivity contribution in [2.45, 2.75) is 0 Å². The molecule has 0 aromatic heterocycles. The first-order valence-electron chi connectivity index (χ1n) is 6.38. The Labute approximate surface area is 127 Å². The van der Waals surface area contributed by atoms with Gasteiger partial charge in [0.25, 0.3) is 5.69 Å². The van der Waals surface area contributed by atoms with E-state index in [1.807, 2.05) is 12.1 Å². The fourth-order valence-electron chi connectivity index (χ4n) is 1.85. The van der Waals surface area contributed by atoms with Crippen molar-refractivity contribution in [3.63, 3.8) is 0 Å². The van der Waals surface area contributed by atoms with E-state index < -0.39 is 4.92 Å². The quantitative estimate of drug-likeness (QED) is 0.272. The minimum absolute atomic E-state index is 0.00744. The normalized spacial score (nSPS) is 10.6. The molecule has 0 unspecified atom stereocenters. The summed E-state index contributed by atoms with van der Waals surface area (Å²) in [4.78, 5) is 10.2. The zero-order valence-electron chi connectivity index (χ0n) is 11.6. The topological polar surface area (TPSA) is 76.2 Å². The highest BCUT2D eigenvalue weighted by atomic mass is 16.6. The number of allylic oxidation sites excluding steroid dienone is 1. The Morgan fingerprint density at radius 1 is 1.18 bits per heavy atom. The van der Waals surface area contributed by atoms with Crippen molar-refractivity contribution in [3.8, 4) is 11.8 Å². The standard InChI is InChI=1S/C17H12N2O3/c1-2-22-17-9-3-13(4-10-17)11-15(12-18)14-5-7-16(8-6-14)19(20)21/h2-11H,1H2/b15-11+. The summed E-state index contributed by atoms with van der Waals surface area (Å²) in [5.74, 6) is 0.654. The van der Waals surface area contributed by atoms with E-state index in [9.17, 15) is 15.4 Å². The molecule has 2 rings (SSSR count). The largest absolute Gasteiger partial charge is 0.466 e. The highest BCUT2D eigenvalue weighted by molar-refractivity contribution is 5.89. The van der Waals surface area contributed by atoms with Gasteiger partial charge in [0.1, 0.15) is 5.75 Å². The lowest BCUT2D eigenvalue weighted by Gasteiger charge is -2.02. The van der Waals surface area contributed by atoms with E-state index in [0.717, 1.165) is 5.56 Å². The van der Waals surface area contributed by atoms with Gasteiger partial charge in [0, 0.05) is 12.1 Å². The van der Waals surface area contributed by atoms with Crippen LogP contribution in [0.1, 0.15) is 11.1 Å². The summed E-state index contributed by atoms with van der Waals surface area (Å²) >= 11 is 0. The molecule has 5 heteroatoms. The number of hydrogen-bond donors (Lipinski definition) is 0. The van der Waals surface area contributed by atoms with Crippen LogP contribution in [0.5, 0.6) is 5.75 Å². The average Bonchev–Trinajstić information content (AvgIpc) is 2.54. The second-order valence-corrected chi connectivity index (χ2v) is 4.33. The number of rotatable bonds is 5. The van der Waals surface area contributed by atoms with Gasteiger partial charge in [-0.1, -0.05) is 18.7 Å². The van der Waals surface area contributed by atoms with Gasteiger partial charge in [-0.05, 0) is 41.5 Å². The van der Waals surface area contributed by atoms with Crippen LogP contribution in [0.15, 0.2) is 61.4 Å². The second kappa shape index (κ2) is 6.86. The fourth-order valence-corrected chi connectivity index (χ4v) is 1.85. The van der Waals surface area contributed by atoms with Crippen LogP contribution in [0.4, 0.5) is 5.69 Å². The van der Waals surface area contributed by atoms with E-state index in [-0.39, 0.29) is 5.69 Å². The number of nitrogens with zero attached hydrogens (tertiary/aromatic N) is 2. The van der Waals surface area contributed by atoms with E-state index in [1.165, 1.54) is 18.4 Å². The summed E-state index contributed by atoms with van der Waals surface area (Å²) in [6, 6.07) is 15.1. The Bertz CT molecular complexity index is 754. The average molecular weight is 292 g/mol. The summed E-state index contributed by atoms with van der Waals surface area (Å²) in [7, 11) is 0. The number of nitro groups is 1. The van der Waals surface area contributed by atoms with E-state index in [0.29, 0.717) is 16.9 Å². The molecule has 2 aromatic rings. The predicted octanol–water partition coefficient (Wildman–Crippen LogP) is 4.18. The minimum atomic E-state index is -0.474. The summed E-state index contributed by atoms with van der Waals surface area (Å²) < 4.78 is 5.13. The molecule has 0 aliphatic carbocycles. The molecule has 0 fully saturated rings. The summed E-state index contributed by atoms with van der Waals surface area (Å²) in [5.41, 5.74) is 1.87. The maximum atomic E-state index is 10.6. The van der Waals surface area contributed by atoms with Gasteiger partial charge in [0.05, 0.1) is 22.8 Å². The van der Waals surface area contributed by atoms with Crippen LogP contribution in [0.2, 0.25) is 0 Å². The molecular weight excluding hydrogens is 280 g/mol. The Morgan fingerprint density at radius 3 is 2.32 bits per heavy atom. The van der Waals surface area contributed by atoms with Crippen LogP contribution in [-0.2, 0) is 0 Å². The third-order valence-corrected chi connectivity index (χ3v) is 2.92. The number of nitriles is 1. The Morgan fingerprint density at radius 2 is 1.82 bits per heavy atom. The highest BCUT2D eigenvalue weighted by Gasteiger charge is 2.06. The molecule has 0 aliphatic heterocycles. The van der Waals surface area contributed by atoms with Gasteiger partial charge in [-0.25, -0.2) is 0 Å². The first kappa shape index (κ1) is 15.0. The zero-order valence-corrected chi connectivity index (χ0v) is 11.6. The Kier molecular flexibility index (Phi) is 4.68. The van der Waals surface area contributed by atoms with Gasteiger partial charge in [0.15, 0.2) is 0 Å². The van der Waals surface area contributed by atoms with Crippen LogP contribution in [0.25, 0.3) is 11.6 Å². The molecule has 0 saturated heterocycles. The molecule has 0 atom stereocenters. The number of hydrogen-bond acceptors (Lipinski definition) is 4. The Balaban J connectivity index is 2.28. The molecule has 22 heavy (non-hydrogen) atoms. The summed E-state index contributed by atoms with van der Waals surface area (Å²) in [5, 5.41) is 19.9. The maximum Gasteiger partial charge on any atom is 0.269 e. The molecule has 2 aromatic carbocycles. The lowest BCUT2D eigenvalue weighted by atomic mass is 10.0. The van der Waals surface area contributed by atoms with Crippen molar-refractivity contribution < 1.29 is 9.66 Å². The van der Waals surface area contributed by atoms with Crippen molar-refractivity contribution in [1.82, 2.24) is 0 Å². The third kappa shape index (κ3) is 3.58. The van der Waals surface area contributed by atoms with Gasteiger partial charge in [-0.2, -0.15) is 5.26 Å². The number of nitro benzene ring substituents is 1. The van der Waals surface area contributed by atoms with Gasteiger partial charge < -0.3 is 4.74 Å². The number of benzene rings is 2. The molecular formula is C17H12N2O3. The van der Waals surface area contributed by atoms with Gasteiger partial charge in [0.2, 0.25) is 0 Å². The van der Waals surface area contributed by atoms with Crippen LogP contribution in [0.3, 0.4) is 0 Å². The number of ether oxygens (including phenoxy) is 1. The smallest absolute Gasteiger partial charge is 0.269 e. The molecule has 0 heterocycles. The van der Waals surface area contributed by atoms with Crippen LogP contribution in [0, 0.1) is 21.4 Å². The van der Waals surface area contributed by atoms with Crippen molar-refractivity contribution >= 4 is 17.3 Å². The van der Waals surface area contributed by atoms with E-state index >= 15 is 0 Å². The molecule has 5 nitrogen and oxygen atoms in total. The molecule has 0 saturated carbocycles. The lowest BCUT2D eigenvalue weighted by Crippen LogP contribution is -1.88.